The van der Waals surface area contributed by atoms with Crippen LogP contribution in [0.15, 0.2) is 54.6 Å². The summed E-state index contributed by atoms with van der Waals surface area (Å²) in [5, 5.41) is 0. The molecule has 0 aliphatic heterocycles. The normalized spacial score (nSPS) is 9.86. The molecule has 2 aromatic rings. The second-order valence-electron chi connectivity index (χ2n) is 4.35. The molecule has 0 spiro atoms. The number of benzene rings is 2. The highest BCUT2D eigenvalue weighted by atomic mass is 16.6. The van der Waals surface area contributed by atoms with Gasteiger partial charge >= 0.3 is 11.9 Å². The molecule has 0 saturated heterocycles. The number of para-hydroxylation sites is 1. The smallest absolute Gasteiger partial charge is 0.322 e. The summed E-state index contributed by atoms with van der Waals surface area (Å²) in [5.74, 6) is 0.243. The molecular weight excluding hydrogens is 284 g/mol. The molecule has 0 aliphatic carbocycles. The Morgan fingerprint density at radius 1 is 0.864 bits per heavy atom. The van der Waals surface area contributed by atoms with Crippen molar-refractivity contribution < 1.29 is 23.8 Å². The van der Waals surface area contributed by atoms with Gasteiger partial charge in [0, 0.05) is 6.07 Å². The van der Waals surface area contributed by atoms with Crippen molar-refractivity contribution in [2.45, 2.75) is 13.3 Å². The van der Waals surface area contributed by atoms with Gasteiger partial charge in [0.05, 0.1) is 6.61 Å². The Morgan fingerprint density at radius 2 is 1.55 bits per heavy atom. The van der Waals surface area contributed by atoms with E-state index in [0.717, 1.165) is 0 Å². The van der Waals surface area contributed by atoms with Crippen LogP contribution in [0.1, 0.15) is 13.3 Å². The third-order valence-electron chi connectivity index (χ3n) is 2.61. The van der Waals surface area contributed by atoms with Crippen LogP contribution in [0.3, 0.4) is 0 Å². The fourth-order valence-electron chi connectivity index (χ4n) is 1.72. The van der Waals surface area contributed by atoms with Gasteiger partial charge in [-0.05, 0) is 31.2 Å². The van der Waals surface area contributed by atoms with Gasteiger partial charge in [-0.2, -0.15) is 0 Å². The molecule has 2 aromatic carbocycles. The standard InChI is InChI=1S/C17H16O5/c1-2-20-16(18)12-17(19)22-15-10-6-9-14(11-15)21-13-7-4-3-5-8-13/h3-11H,2,12H2,1H3. The summed E-state index contributed by atoms with van der Waals surface area (Å²) < 4.78 is 15.4. The second kappa shape index (κ2) is 7.83. The summed E-state index contributed by atoms with van der Waals surface area (Å²) in [6.07, 6.45) is -0.419. The van der Waals surface area contributed by atoms with Gasteiger partial charge in [0.2, 0.25) is 0 Å². The molecule has 0 unspecified atom stereocenters. The van der Waals surface area contributed by atoms with Gasteiger partial charge in [-0.15, -0.1) is 0 Å². The number of esters is 2. The molecule has 5 nitrogen and oxygen atoms in total. The number of carbonyl (C=O) groups excluding carboxylic acids is 2. The fourth-order valence-corrected chi connectivity index (χ4v) is 1.72. The average molecular weight is 300 g/mol. The highest BCUT2D eigenvalue weighted by Crippen LogP contribution is 2.25. The predicted octanol–water partition coefficient (Wildman–Crippen LogP) is 3.34. The fraction of sp³-hybridized carbons (Fsp3) is 0.176. The first-order chi connectivity index (χ1) is 10.7. The lowest BCUT2D eigenvalue weighted by molar-refractivity contribution is -0.149. The van der Waals surface area contributed by atoms with Crippen molar-refractivity contribution in [2.24, 2.45) is 0 Å². The van der Waals surface area contributed by atoms with Crippen molar-refractivity contribution in [1.29, 1.82) is 0 Å². The third kappa shape index (κ3) is 4.94. The molecule has 0 aliphatic rings. The Labute approximate surface area is 128 Å². The van der Waals surface area contributed by atoms with Gasteiger partial charge in [0.25, 0.3) is 0 Å². The monoisotopic (exact) mass is 300 g/mol. The summed E-state index contributed by atoms with van der Waals surface area (Å²) in [6.45, 7) is 1.90. The maximum atomic E-state index is 11.6. The minimum absolute atomic E-state index is 0.229. The molecule has 0 saturated carbocycles. The molecule has 0 aromatic heterocycles. The molecule has 0 bridgehead atoms. The minimum Gasteiger partial charge on any atom is -0.466 e. The molecule has 114 valence electrons. The van der Waals surface area contributed by atoms with Crippen molar-refractivity contribution in [3.05, 3.63) is 54.6 Å². The Bertz CT molecular complexity index is 637. The van der Waals surface area contributed by atoms with Gasteiger partial charge in [-0.1, -0.05) is 24.3 Å². The first-order valence-corrected chi connectivity index (χ1v) is 6.86. The van der Waals surface area contributed by atoms with E-state index in [0.29, 0.717) is 17.2 Å². The summed E-state index contributed by atoms with van der Waals surface area (Å²) in [6, 6.07) is 15.9. The lowest BCUT2D eigenvalue weighted by Gasteiger charge is -2.08. The van der Waals surface area contributed by atoms with Gasteiger partial charge < -0.3 is 14.2 Å². The molecule has 0 fully saturated rings. The molecule has 0 amide bonds. The summed E-state index contributed by atoms with van der Waals surface area (Å²) >= 11 is 0. The maximum absolute atomic E-state index is 11.6. The van der Waals surface area contributed by atoms with Crippen LogP contribution in [-0.4, -0.2) is 18.5 Å². The Morgan fingerprint density at radius 3 is 2.27 bits per heavy atom. The first-order valence-electron chi connectivity index (χ1n) is 6.86. The molecule has 0 atom stereocenters. The molecular formula is C17H16O5. The van der Waals surface area contributed by atoms with Crippen LogP contribution in [-0.2, 0) is 14.3 Å². The highest BCUT2D eigenvalue weighted by Gasteiger charge is 2.12. The van der Waals surface area contributed by atoms with Gasteiger partial charge in [-0.25, -0.2) is 0 Å². The van der Waals surface area contributed by atoms with Crippen LogP contribution in [0, 0.1) is 0 Å². The van der Waals surface area contributed by atoms with Crippen LogP contribution in [0.5, 0.6) is 17.2 Å². The summed E-state index contributed by atoms with van der Waals surface area (Å²) in [4.78, 5) is 22.8. The van der Waals surface area contributed by atoms with E-state index in [-0.39, 0.29) is 6.61 Å². The Balaban J connectivity index is 1.96. The van der Waals surface area contributed by atoms with Crippen LogP contribution < -0.4 is 9.47 Å². The van der Waals surface area contributed by atoms with Crippen molar-refractivity contribution >= 4 is 11.9 Å². The van der Waals surface area contributed by atoms with E-state index in [1.807, 2.05) is 30.3 Å². The highest BCUT2D eigenvalue weighted by molar-refractivity contribution is 5.92. The average Bonchev–Trinajstić information content (AvgIpc) is 2.48. The quantitative estimate of drug-likeness (QED) is 0.465. The van der Waals surface area contributed by atoms with Crippen LogP contribution in [0.25, 0.3) is 0 Å². The minimum atomic E-state index is -0.671. The van der Waals surface area contributed by atoms with E-state index in [4.69, 9.17) is 9.47 Å². The predicted molar refractivity (Wildman–Crippen MR) is 79.8 cm³/mol. The molecule has 22 heavy (non-hydrogen) atoms. The Kier molecular flexibility index (Phi) is 5.54. The lowest BCUT2D eigenvalue weighted by Crippen LogP contribution is -2.15. The summed E-state index contributed by atoms with van der Waals surface area (Å²) in [7, 11) is 0. The largest absolute Gasteiger partial charge is 0.466 e. The lowest BCUT2D eigenvalue weighted by atomic mass is 10.3. The number of hydrogen-bond donors (Lipinski definition) is 0. The van der Waals surface area contributed by atoms with Gasteiger partial charge in [-0.3, -0.25) is 9.59 Å². The zero-order valence-electron chi connectivity index (χ0n) is 12.2. The zero-order chi connectivity index (χ0) is 15.8. The van der Waals surface area contributed by atoms with Crippen LogP contribution in [0.4, 0.5) is 0 Å². The number of rotatable bonds is 6. The van der Waals surface area contributed by atoms with Gasteiger partial charge in [0.1, 0.15) is 23.7 Å². The zero-order valence-corrected chi connectivity index (χ0v) is 12.2. The SMILES string of the molecule is CCOC(=O)CC(=O)Oc1cccc(Oc2ccccc2)c1. The second-order valence-corrected chi connectivity index (χ2v) is 4.35. The molecule has 0 N–H and O–H groups in total. The topological polar surface area (TPSA) is 61.8 Å². The van der Waals surface area contributed by atoms with E-state index in [9.17, 15) is 9.59 Å². The van der Waals surface area contributed by atoms with Crippen molar-refractivity contribution in [2.75, 3.05) is 6.61 Å². The van der Waals surface area contributed by atoms with E-state index in [1.165, 1.54) is 0 Å². The van der Waals surface area contributed by atoms with E-state index >= 15 is 0 Å². The number of ether oxygens (including phenoxy) is 3. The molecule has 5 heteroatoms. The van der Waals surface area contributed by atoms with E-state index in [2.05, 4.69) is 4.74 Å². The first kappa shape index (κ1) is 15.6. The van der Waals surface area contributed by atoms with Crippen molar-refractivity contribution in [1.82, 2.24) is 0 Å². The number of carbonyl (C=O) groups is 2. The van der Waals surface area contributed by atoms with Crippen molar-refractivity contribution in [3.8, 4) is 17.2 Å². The number of hydrogen-bond acceptors (Lipinski definition) is 5. The third-order valence-corrected chi connectivity index (χ3v) is 2.61. The Hall–Kier alpha value is -2.82. The van der Waals surface area contributed by atoms with Crippen LogP contribution >= 0.6 is 0 Å². The van der Waals surface area contributed by atoms with E-state index in [1.54, 1.807) is 31.2 Å². The maximum Gasteiger partial charge on any atom is 0.322 e. The van der Waals surface area contributed by atoms with Crippen LogP contribution in [0.2, 0.25) is 0 Å². The summed E-state index contributed by atoms with van der Waals surface area (Å²) in [5.41, 5.74) is 0. The van der Waals surface area contributed by atoms with E-state index < -0.39 is 18.4 Å². The van der Waals surface area contributed by atoms with Crippen molar-refractivity contribution in [3.63, 3.8) is 0 Å². The molecule has 0 heterocycles. The van der Waals surface area contributed by atoms with Gasteiger partial charge in [0.15, 0.2) is 0 Å². The molecule has 2 rings (SSSR count). The molecule has 0 radical (unpaired) electrons.